The largest absolute Gasteiger partial charge is 0.496 e. The second-order valence-corrected chi connectivity index (χ2v) is 6.02. The number of carbonyl (C=O) groups excluding carboxylic acids is 1. The second kappa shape index (κ2) is 7.44. The summed E-state index contributed by atoms with van der Waals surface area (Å²) >= 11 is 0. The number of rotatable bonds is 4. The fourth-order valence-electron chi connectivity index (χ4n) is 3.22. The van der Waals surface area contributed by atoms with Gasteiger partial charge in [0.2, 0.25) is 0 Å². The molecule has 0 fully saturated rings. The highest BCUT2D eigenvalue weighted by Crippen LogP contribution is 2.33. The molecule has 0 aromatic heterocycles. The van der Waals surface area contributed by atoms with Crippen molar-refractivity contribution in [2.45, 2.75) is 19.4 Å². The molecule has 0 saturated heterocycles. The van der Waals surface area contributed by atoms with Gasteiger partial charge in [0.15, 0.2) is 0 Å². The molecule has 132 valence electrons. The van der Waals surface area contributed by atoms with Crippen molar-refractivity contribution in [2.75, 3.05) is 30.7 Å². The molecule has 2 amide bonds. The lowest BCUT2D eigenvalue weighted by Crippen LogP contribution is -2.35. The molecule has 25 heavy (non-hydrogen) atoms. The van der Waals surface area contributed by atoms with Gasteiger partial charge in [-0.15, -0.1) is 0 Å². The highest BCUT2D eigenvalue weighted by atomic mass is 16.5. The SMILES string of the molecule is CNC(=O)N(O)c1ccc2c(c1)CCCN2Cc1ccccc1OC. The van der Waals surface area contributed by atoms with E-state index in [4.69, 9.17) is 4.74 Å². The van der Waals surface area contributed by atoms with Crippen LogP contribution in [0.5, 0.6) is 5.75 Å². The van der Waals surface area contributed by atoms with E-state index in [0.717, 1.165) is 48.5 Å². The van der Waals surface area contributed by atoms with Gasteiger partial charge < -0.3 is 15.0 Å². The zero-order valence-electron chi connectivity index (χ0n) is 14.5. The third-order valence-corrected chi connectivity index (χ3v) is 4.48. The van der Waals surface area contributed by atoms with Gasteiger partial charge in [-0.1, -0.05) is 18.2 Å². The number of urea groups is 1. The first-order valence-corrected chi connectivity index (χ1v) is 8.34. The summed E-state index contributed by atoms with van der Waals surface area (Å²) in [5.74, 6) is 0.882. The number of nitrogens with zero attached hydrogens (tertiary/aromatic N) is 2. The van der Waals surface area contributed by atoms with Crippen LogP contribution in [0.2, 0.25) is 0 Å². The zero-order valence-corrected chi connectivity index (χ0v) is 14.5. The molecule has 0 radical (unpaired) electrons. The van der Waals surface area contributed by atoms with Crippen molar-refractivity contribution in [3.63, 3.8) is 0 Å². The number of hydrogen-bond acceptors (Lipinski definition) is 4. The van der Waals surface area contributed by atoms with E-state index in [1.165, 1.54) is 7.05 Å². The smallest absolute Gasteiger partial charge is 0.345 e. The molecule has 0 atom stereocenters. The Morgan fingerprint density at radius 2 is 2.12 bits per heavy atom. The average Bonchev–Trinajstić information content (AvgIpc) is 2.67. The Bertz CT molecular complexity index is 763. The number of ether oxygens (including phenoxy) is 1. The van der Waals surface area contributed by atoms with Crippen LogP contribution in [0.1, 0.15) is 17.5 Å². The molecule has 6 nitrogen and oxygen atoms in total. The van der Waals surface area contributed by atoms with Gasteiger partial charge >= 0.3 is 6.03 Å². The first kappa shape index (κ1) is 17.1. The van der Waals surface area contributed by atoms with E-state index in [0.29, 0.717) is 10.8 Å². The Morgan fingerprint density at radius 3 is 2.88 bits per heavy atom. The minimum absolute atomic E-state index is 0.470. The minimum atomic E-state index is -0.554. The molecule has 1 heterocycles. The quantitative estimate of drug-likeness (QED) is 0.662. The van der Waals surface area contributed by atoms with Crippen LogP contribution < -0.4 is 20.0 Å². The van der Waals surface area contributed by atoms with Gasteiger partial charge in [0.1, 0.15) is 5.75 Å². The Kier molecular flexibility index (Phi) is 5.09. The number of nitrogens with one attached hydrogen (secondary N) is 1. The van der Waals surface area contributed by atoms with Crippen molar-refractivity contribution < 1.29 is 14.7 Å². The molecule has 0 unspecified atom stereocenters. The Balaban J connectivity index is 1.86. The predicted molar refractivity (Wildman–Crippen MR) is 97.5 cm³/mol. The first-order chi connectivity index (χ1) is 12.1. The third kappa shape index (κ3) is 3.53. The van der Waals surface area contributed by atoms with Crippen LogP contribution in [-0.2, 0) is 13.0 Å². The van der Waals surface area contributed by atoms with E-state index in [-0.39, 0.29) is 0 Å². The fraction of sp³-hybridized carbons (Fsp3) is 0.316. The predicted octanol–water partition coefficient (Wildman–Crippen LogP) is 3.18. The first-order valence-electron chi connectivity index (χ1n) is 8.34. The lowest BCUT2D eigenvalue weighted by molar-refractivity contribution is 0.206. The van der Waals surface area contributed by atoms with Crippen molar-refractivity contribution in [1.82, 2.24) is 5.32 Å². The van der Waals surface area contributed by atoms with Crippen LogP contribution in [0.4, 0.5) is 16.2 Å². The Morgan fingerprint density at radius 1 is 1.32 bits per heavy atom. The van der Waals surface area contributed by atoms with E-state index >= 15 is 0 Å². The minimum Gasteiger partial charge on any atom is -0.496 e. The van der Waals surface area contributed by atoms with Crippen molar-refractivity contribution in [1.29, 1.82) is 0 Å². The number of aryl methyl sites for hydroxylation is 1. The highest BCUT2D eigenvalue weighted by Gasteiger charge is 2.20. The molecule has 1 aliphatic rings. The summed E-state index contributed by atoms with van der Waals surface area (Å²) in [6, 6.07) is 13.1. The average molecular weight is 341 g/mol. The molecular formula is C19H23N3O3. The molecule has 0 saturated carbocycles. The number of benzene rings is 2. The van der Waals surface area contributed by atoms with Gasteiger partial charge in [-0.3, -0.25) is 5.21 Å². The maximum Gasteiger partial charge on any atom is 0.345 e. The van der Waals surface area contributed by atoms with Crippen LogP contribution in [0.15, 0.2) is 42.5 Å². The number of hydroxylamine groups is 1. The number of fused-ring (bicyclic) bond motifs is 1. The van der Waals surface area contributed by atoms with Crippen LogP contribution in [0.3, 0.4) is 0 Å². The molecule has 0 bridgehead atoms. The molecule has 6 heteroatoms. The molecular weight excluding hydrogens is 318 g/mol. The van der Waals surface area contributed by atoms with Gasteiger partial charge in [-0.05, 0) is 42.7 Å². The van der Waals surface area contributed by atoms with Crippen molar-refractivity contribution >= 4 is 17.4 Å². The van der Waals surface area contributed by atoms with Crippen molar-refractivity contribution in [2.24, 2.45) is 0 Å². The maximum absolute atomic E-state index is 11.6. The monoisotopic (exact) mass is 341 g/mol. The molecule has 1 aliphatic heterocycles. The summed E-state index contributed by atoms with van der Waals surface area (Å²) in [6.45, 7) is 1.72. The molecule has 3 rings (SSSR count). The second-order valence-electron chi connectivity index (χ2n) is 6.02. The van der Waals surface area contributed by atoms with E-state index in [9.17, 15) is 10.0 Å². The fourth-order valence-corrected chi connectivity index (χ4v) is 3.22. The maximum atomic E-state index is 11.6. The topological polar surface area (TPSA) is 65.0 Å². The lowest BCUT2D eigenvalue weighted by Gasteiger charge is -2.32. The van der Waals surface area contributed by atoms with E-state index in [1.54, 1.807) is 13.2 Å². The normalized spacial score (nSPS) is 13.2. The van der Waals surface area contributed by atoms with Gasteiger partial charge in [0.05, 0.1) is 12.8 Å². The van der Waals surface area contributed by atoms with Crippen LogP contribution in [-0.4, -0.2) is 31.9 Å². The standard InChI is InChI=1S/C19H23N3O3/c1-20-19(23)22(24)16-9-10-17-14(12-16)7-5-11-21(17)13-15-6-3-4-8-18(15)25-2/h3-4,6,8-10,12,24H,5,7,11,13H2,1-2H3,(H,20,23). The van der Waals surface area contributed by atoms with Gasteiger partial charge in [0.25, 0.3) is 0 Å². The summed E-state index contributed by atoms with van der Waals surface area (Å²) in [4.78, 5) is 13.9. The summed E-state index contributed by atoms with van der Waals surface area (Å²) in [6.07, 6.45) is 1.95. The molecule has 2 aromatic rings. The number of anilines is 2. The molecule has 0 aliphatic carbocycles. The highest BCUT2D eigenvalue weighted by molar-refractivity contribution is 5.89. The van der Waals surface area contributed by atoms with Crippen LogP contribution >= 0.6 is 0 Å². The number of para-hydroxylation sites is 1. The van der Waals surface area contributed by atoms with E-state index < -0.39 is 6.03 Å². The van der Waals surface area contributed by atoms with Crippen LogP contribution in [0.25, 0.3) is 0 Å². The number of amides is 2. The van der Waals surface area contributed by atoms with E-state index in [1.807, 2.05) is 30.3 Å². The number of hydrogen-bond donors (Lipinski definition) is 2. The van der Waals surface area contributed by atoms with Crippen molar-refractivity contribution in [3.05, 3.63) is 53.6 Å². The van der Waals surface area contributed by atoms with E-state index in [2.05, 4.69) is 16.3 Å². The molecule has 0 spiro atoms. The van der Waals surface area contributed by atoms with Crippen molar-refractivity contribution in [3.8, 4) is 5.75 Å². The number of methoxy groups -OCH3 is 1. The molecule has 2 aromatic carbocycles. The zero-order chi connectivity index (χ0) is 17.8. The Hall–Kier alpha value is -2.73. The van der Waals surface area contributed by atoms with Gasteiger partial charge in [-0.25, -0.2) is 4.79 Å². The van der Waals surface area contributed by atoms with Crippen LogP contribution in [0, 0.1) is 0 Å². The summed E-state index contributed by atoms with van der Waals surface area (Å²) < 4.78 is 5.45. The lowest BCUT2D eigenvalue weighted by atomic mass is 10.00. The molecule has 2 N–H and O–H groups in total. The summed E-state index contributed by atoms with van der Waals surface area (Å²) in [5.41, 5.74) is 3.86. The Labute approximate surface area is 147 Å². The van der Waals surface area contributed by atoms with Gasteiger partial charge in [-0.2, -0.15) is 5.06 Å². The summed E-state index contributed by atoms with van der Waals surface area (Å²) in [7, 11) is 3.17. The summed E-state index contributed by atoms with van der Waals surface area (Å²) in [5, 5.41) is 13.0. The number of carbonyl (C=O) groups is 1. The third-order valence-electron chi connectivity index (χ3n) is 4.48. The van der Waals surface area contributed by atoms with Gasteiger partial charge in [0, 0.05) is 31.4 Å².